The molecule has 0 heteroatoms. The SMILES string of the molecule is C=C(CCCC)CCCCCCC1CCCCC1. The molecule has 0 amide bonds. The molecule has 0 aliphatic heterocycles. The van der Waals surface area contributed by atoms with Gasteiger partial charge in [0, 0.05) is 0 Å². The van der Waals surface area contributed by atoms with Gasteiger partial charge >= 0.3 is 0 Å². The van der Waals surface area contributed by atoms with Crippen LogP contribution < -0.4 is 0 Å². The molecule has 0 nitrogen and oxygen atoms in total. The van der Waals surface area contributed by atoms with E-state index in [0.29, 0.717) is 0 Å². The summed E-state index contributed by atoms with van der Waals surface area (Å²) in [6, 6.07) is 0. The highest BCUT2D eigenvalue weighted by Gasteiger charge is 2.12. The van der Waals surface area contributed by atoms with Crippen molar-refractivity contribution in [1.82, 2.24) is 0 Å². The van der Waals surface area contributed by atoms with Crippen LogP contribution in [0.15, 0.2) is 12.2 Å². The molecule has 0 aromatic heterocycles. The quantitative estimate of drug-likeness (QED) is 0.300. The van der Waals surface area contributed by atoms with E-state index in [9.17, 15) is 0 Å². The van der Waals surface area contributed by atoms with Gasteiger partial charge in [0.25, 0.3) is 0 Å². The van der Waals surface area contributed by atoms with Crippen molar-refractivity contribution < 1.29 is 0 Å². The molecule has 1 saturated carbocycles. The maximum atomic E-state index is 4.18. The minimum Gasteiger partial charge on any atom is -0.0999 e. The lowest BCUT2D eigenvalue weighted by Gasteiger charge is -2.21. The summed E-state index contributed by atoms with van der Waals surface area (Å²) in [6.45, 7) is 6.45. The highest BCUT2D eigenvalue weighted by molar-refractivity contribution is 4.93. The second-order valence-corrected chi connectivity index (χ2v) is 6.31. The van der Waals surface area contributed by atoms with Crippen molar-refractivity contribution in [2.24, 2.45) is 5.92 Å². The van der Waals surface area contributed by atoms with Gasteiger partial charge in [-0.15, -0.1) is 0 Å². The average molecular weight is 250 g/mol. The minimum absolute atomic E-state index is 1.08. The van der Waals surface area contributed by atoms with Crippen LogP contribution in [0.1, 0.15) is 96.8 Å². The van der Waals surface area contributed by atoms with E-state index in [1.165, 1.54) is 95.5 Å². The molecule has 0 unspecified atom stereocenters. The van der Waals surface area contributed by atoms with Crippen molar-refractivity contribution in [2.75, 3.05) is 0 Å². The molecule has 0 spiro atoms. The van der Waals surface area contributed by atoms with Gasteiger partial charge in [-0.3, -0.25) is 0 Å². The molecule has 0 aromatic rings. The molecule has 1 aliphatic carbocycles. The zero-order valence-corrected chi connectivity index (χ0v) is 12.7. The van der Waals surface area contributed by atoms with Gasteiger partial charge in [0.1, 0.15) is 0 Å². The number of allylic oxidation sites excluding steroid dienone is 1. The van der Waals surface area contributed by atoms with Crippen LogP contribution in [0, 0.1) is 5.92 Å². The molecular formula is C18H34. The highest BCUT2D eigenvalue weighted by Crippen LogP contribution is 2.28. The molecule has 1 fully saturated rings. The van der Waals surface area contributed by atoms with Gasteiger partial charge in [0.2, 0.25) is 0 Å². The number of unbranched alkanes of at least 4 members (excludes halogenated alkanes) is 4. The third kappa shape index (κ3) is 7.95. The van der Waals surface area contributed by atoms with Gasteiger partial charge in [-0.2, -0.15) is 0 Å². The van der Waals surface area contributed by atoms with Crippen LogP contribution in [0.25, 0.3) is 0 Å². The monoisotopic (exact) mass is 250 g/mol. The zero-order valence-electron chi connectivity index (χ0n) is 12.7. The molecule has 0 bridgehead atoms. The lowest BCUT2D eigenvalue weighted by atomic mass is 9.85. The third-order valence-corrected chi connectivity index (χ3v) is 4.50. The van der Waals surface area contributed by atoms with Crippen molar-refractivity contribution in [3.63, 3.8) is 0 Å². The largest absolute Gasteiger partial charge is 0.0999 e. The average Bonchev–Trinajstić information content (AvgIpc) is 2.41. The van der Waals surface area contributed by atoms with E-state index in [1.807, 2.05) is 0 Å². The molecule has 0 heterocycles. The van der Waals surface area contributed by atoms with Gasteiger partial charge in [-0.25, -0.2) is 0 Å². The first-order valence-electron chi connectivity index (χ1n) is 8.49. The molecule has 106 valence electrons. The Hall–Kier alpha value is -0.260. The topological polar surface area (TPSA) is 0 Å². The number of rotatable bonds is 10. The van der Waals surface area contributed by atoms with Crippen molar-refractivity contribution in [1.29, 1.82) is 0 Å². The molecule has 0 atom stereocenters. The predicted octanol–water partition coefficient (Wildman–Crippen LogP) is 6.65. The van der Waals surface area contributed by atoms with E-state index in [0.717, 1.165) is 5.92 Å². The zero-order chi connectivity index (χ0) is 13.1. The van der Waals surface area contributed by atoms with Crippen LogP contribution in [0.5, 0.6) is 0 Å². The Morgan fingerprint density at radius 2 is 1.56 bits per heavy atom. The Bertz CT molecular complexity index is 198. The van der Waals surface area contributed by atoms with Crippen molar-refractivity contribution in [3.05, 3.63) is 12.2 Å². The standard InChI is InChI=1S/C18H34/c1-3-4-12-17(2)13-8-5-6-9-14-18-15-10-7-11-16-18/h18H,2-16H2,1H3. The van der Waals surface area contributed by atoms with E-state index in [1.54, 1.807) is 0 Å². The first kappa shape index (κ1) is 15.8. The highest BCUT2D eigenvalue weighted by atomic mass is 14.2. The fourth-order valence-electron chi connectivity index (χ4n) is 3.19. The van der Waals surface area contributed by atoms with Crippen LogP contribution in [0.2, 0.25) is 0 Å². The summed E-state index contributed by atoms with van der Waals surface area (Å²) in [5.74, 6) is 1.08. The molecule has 0 radical (unpaired) electrons. The Morgan fingerprint density at radius 1 is 0.889 bits per heavy atom. The van der Waals surface area contributed by atoms with Crippen molar-refractivity contribution >= 4 is 0 Å². The van der Waals surface area contributed by atoms with Crippen LogP contribution in [0.4, 0.5) is 0 Å². The van der Waals surface area contributed by atoms with Gasteiger partial charge in [-0.1, -0.05) is 83.3 Å². The first-order chi connectivity index (χ1) is 8.83. The second kappa shape index (κ2) is 10.6. The Morgan fingerprint density at radius 3 is 2.28 bits per heavy atom. The molecule has 0 aromatic carbocycles. The normalized spacial score (nSPS) is 16.9. The van der Waals surface area contributed by atoms with Crippen molar-refractivity contribution in [3.8, 4) is 0 Å². The summed E-state index contributed by atoms with van der Waals surface area (Å²) in [6.07, 6.45) is 20.0. The van der Waals surface area contributed by atoms with Crippen molar-refractivity contribution in [2.45, 2.75) is 96.8 Å². The molecule has 0 N–H and O–H groups in total. The second-order valence-electron chi connectivity index (χ2n) is 6.31. The summed E-state index contributed by atoms with van der Waals surface area (Å²) in [4.78, 5) is 0. The molecular weight excluding hydrogens is 216 g/mol. The van der Waals surface area contributed by atoms with Crippen LogP contribution in [-0.2, 0) is 0 Å². The summed E-state index contributed by atoms with van der Waals surface area (Å²) in [7, 11) is 0. The third-order valence-electron chi connectivity index (χ3n) is 4.50. The van der Waals surface area contributed by atoms with E-state index in [2.05, 4.69) is 13.5 Å². The molecule has 0 saturated heterocycles. The fourth-order valence-corrected chi connectivity index (χ4v) is 3.19. The Kier molecular flexibility index (Phi) is 9.34. The Labute approximate surface area is 115 Å². The number of hydrogen-bond donors (Lipinski definition) is 0. The van der Waals surface area contributed by atoms with E-state index in [-0.39, 0.29) is 0 Å². The van der Waals surface area contributed by atoms with Gasteiger partial charge in [-0.05, 0) is 31.6 Å². The summed E-state index contributed by atoms with van der Waals surface area (Å²) in [5.41, 5.74) is 1.49. The first-order valence-corrected chi connectivity index (χ1v) is 8.49. The van der Waals surface area contributed by atoms with Crippen LogP contribution >= 0.6 is 0 Å². The predicted molar refractivity (Wildman–Crippen MR) is 82.9 cm³/mol. The van der Waals surface area contributed by atoms with Gasteiger partial charge in [0.15, 0.2) is 0 Å². The van der Waals surface area contributed by atoms with Gasteiger partial charge < -0.3 is 0 Å². The summed E-state index contributed by atoms with van der Waals surface area (Å²) >= 11 is 0. The molecule has 1 rings (SSSR count). The minimum atomic E-state index is 1.08. The van der Waals surface area contributed by atoms with Crippen LogP contribution in [0.3, 0.4) is 0 Å². The maximum absolute atomic E-state index is 4.18. The van der Waals surface area contributed by atoms with Gasteiger partial charge in [0.05, 0.1) is 0 Å². The molecule has 18 heavy (non-hydrogen) atoms. The summed E-state index contributed by atoms with van der Waals surface area (Å²) in [5, 5.41) is 0. The van der Waals surface area contributed by atoms with E-state index < -0.39 is 0 Å². The lowest BCUT2D eigenvalue weighted by molar-refractivity contribution is 0.328. The maximum Gasteiger partial charge on any atom is -0.0323 e. The number of hydrogen-bond acceptors (Lipinski definition) is 0. The lowest BCUT2D eigenvalue weighted by Crippen LogP contribution is -2.05. The van der Waals surface area contributed by atoms with E-state index in [4.69, 9.17) is 0 Å². The molecule has 1 aliphatic rings. The van der Waals surface area contributed by atoms with E-state index >= 15 is 0 Å². The fraction of sp³-hybridized carbons (Fsp3) is 0.889. The smallest absolute Gasteiger partial charge is 0.0323 e. The van der Waals surface area contributed by atoms with Crippen LogP contribution in [-0.4, -0.2) is 0 Å². The Balaban J connectivity index is 1.84. The summed E-state index contributed by atoms with van der Waals surface area (Å²) < 4.78 is 0.